The summed E-state index contributed by atoms with van der Waals surface area (Å²) in [5, 5.41) is 11.5. The topological polar surface area (TPSA) is 105 Å². The van der Waals surface area contributed by atoms with E-state index in [-0.39, 0.29) is 18.9 Å². The molecule has 0 aromatic carbocycles. The van der Waals surface area contributed by atoms with Crippen molar-refractivity contribution in [2.24, 2.45) is 0 Å². The van der Waals surface area contributed by atoms with Gasteiger partial charge in [-0.3, -0.25) is 4.79 Å². The molecule has 1 heterocycles. The maximum atomic E-state index is 11.9. The van der Waals surface area contributed by atoms with Gasteiger partial charge in [-0.15, -0.1) is 0 Å². The first-order valence-corrected chi connectivity index (χ1v) is 6.87. The number of nitrogens with one attached hydrogen (secondary N) is 1. The standard InChI is InChI=1S/C13H22N2O6/c1-15(8-9-4-3-7-21-9)13(19)14-10(12(17)18)5-6-11(16)20-2/h9-10H,3-8H2,1-2H3,(H,14,19)(H,17,18)/t9?,10-/m0/s1. The second kappa shape index (κ2) is 8.46. The molecule has 1 aliphatic heterocycles. The van der Waals surface area contributed by atoms with Gasteiger partial charge in [0.2, 0.25) is 0 Å². The first-order valence-electron chi connectivity index (χ1n) is 6.87. The van der Waals surface area contributed by atoms with Crippen molar-refractivity contribution in [2.45, 2.75) is 37.8 Å². The second-order valence-electron chi connectivity index (χ2n) is 4.97. The molecule has 0 saturated carbocycles. The Labute approximate surface area is 123 Å². The zero-order chi connectivity index (χ0) is 15.8. The van der Waals surface area contributed by atoms with E-state index in [1.54, 1.807) is 7.05 Å². The number of likely N-dealkylation sites (N-methyl/N-ethyl adjacent to an activating group) is 1. The zero-order valence-electron chi connectivity index (χ0n) is 12.3. The SMILES string of the molecule is COC(=O)CC[C@H](NC(=O)N(C)CC1CCCO1)C(=O)O. The highest BCUT2D eigenvalue weighted by molar-refractivity contribution is 5.83. The highest BCUT2D eigenvalue weighted by atomic mass is 16.5. The van der Waals surface area contributed by atoms with Crippen LogP contribution < -0.4 is 5.32 Å². The normalized spacial score (nSPS) is 18.9. The summed E-state index contributed by atoms with van der Waals surface area (Å²) in [5.74, 6) is -1.69. The molecule has 1 unspecified atom stereocenters. The van der Waals surface area contributed by atoms with Crippen molar-refractivity contribution in [2.75, 3.05) is 27.3 Å². The molecule has 2 N–H and O–H groups in total. The summed E-state index contributed by atoms with van der Waals surface area (Å²) >= 11 is 0. The maximum absolute atomic E-state index is 11.9. The van der Waals surface area contributed by atoms with Gasteiger partial charge in [-0.1, -0.05) is 0 Å². The molecule has 0 aromatic rings. The number of carboxylic acid groups (broad SMARTS) is 1. The van der Waals surface area contributed by atoms with Crippen LogP contribution in [0.1, 0.15) is 25.7 Å². The van der Waals surface area contributed by atoms with E-state index in [0.717, 1.165) is 12.8 Å². The van der Waals surface area contributed by atoms with Gasteiger partial charge in [-0.2, -0.15) is 0 Å². The molecular formula is C13H22N2O6. The first kappa shape index (κ1) is 17.2. The Hall–Kier alpha value is -1.83. The molecule has 1 aliphatic rings. The van der Waals surface area contributed by atoms with Crippen LogP contribution in [0, 0.1) is 0 Å². The molecule has 8 heteroatoms. The number of urea groups is 1. The molecule has 0 aromatic heterocycles. The zero-order valence-corrected chi connectivity index (χ0v) is 12.3. The summed E-state index contributed by atoms with van der Waals surface area (Å²) in [4.78, 5) is 35.5. The average Bonchev–Trinajstić information content (AvgIpc) is 2.95. The van der Waals surface area contributed by atoms with E-state index >= 15 is 0 Å². The molecule has 0 radical (unpaired) electrons. The van der Waals surface area contributed by atoms with Crippen molar-refractivity contribution < 1.29 is 29.0 Å². The number of methoxy groups -OCH3 is 1. The second-order valence-corrected chi connectivity index (χ2v) is 4.97. The average molecular weight is 302 g/mol. The number of carbonyl (C=O) groups is 3. The van der Waals surface area contributed by atoms with E-state index in [1.165, 1.54) is 12.0 Å². The number of ether oxygens (including phenoxy) is 2. The summed E-state index contributed by atoms with van der Waals surface area (Å²) in [6.07, 6.45) is 1.78. The van der Waals surface area contributed by atoms with E-state index < -0.39 is 24.0 Å². The molecule has 2 amide bonds. The Morgan fingerprint density at radius 1 is 1.48 bits per heavy atom. The minimum absolute atomic E-state index is 0.000836. The Morgan fingerprint density at radius 3 is 2.71 bits per heavy atom. The number of carboxylic acids is 1. The quantitative estimate of drug-likeness (QED) is 0.651. The van der Waals surface area contributed by atoms with Crippen LogP contribution in [0.4, 0.5) is 4.79 Å². The van der Waals surface area contributed by atoms with Crippen molar-refractivity contribution in [3.63, 3.8) is 0 Å². The summed E-state index contributed by atoms with van der Waals surface area (Å²) in [6.45, 7) is 1.10. The van der Waals surface area contributed by atoms with Crippen LogP contribution in [-0.4, -0.2) is 67.4 Å². The Morgan fingerprint density at radius 2 is 2.19 bits per heavy atom. The van der Waals surface area contributed by atoms with Gasteiger partial charge in [0, 0.05) is 26.6 Å². The van der Waals surface area contributed by atoms with Gasteiger partial charge >= 0.3 is 18.0 Å². The summed E-state index contributed by atoms with van der Waals surface area (Å²) in [5.41, 5.74) is 0. The van der Waals surface area contributed by atoms with Gasteiger partial charge in [0.15, 0.2) is 0 Å². The van der Waals surface area contributed by atoms with Crippen LogP contribution in [0.3, 0.4) is 0 Å². The fraction of sp³-hybridized carbons (Fsp3) is 0.769. The third-order valence-corrected chi connectivity index (χ3v) is 3.31. The van der Waals surface area contributed by atoms with Crippen LogP contribution in [0.2, 0.25) is 0 Å². The summed E-state index contributed by atoms with van der Waals surface area (Å²) in [7, 11) is 2.81. The van der Waals surface area contributed by atoms with Crippen molar-refractivity contribution in [1.82, 2.24) is 10.2 Å². The smallest absolute Gasteiger partial charge is 0.326 e. The Bertz CT molecular complexity index is 381. The van der Waals surface area contributed by atoms with Gasteiger partial charge in [0.1, 0.15) is 6.04 Å². The van der Waals surface area contributed by atoms with Gasteiger partial charge < -0.3 is 24.8 Å². The van der Waals surface area contributed by atoms with E-state index in [9.17, 15) is 14.4 Å². The third kappa shape index (κ3) is 5.99. The van der Waals surface area contributed by atoms with Crippen molar-refractivity contribution >= 4 is 18.0 Å². The minimum atomic E-state index is -1.18. The van der Waals surface area contributed by atoms with Gasteiger partial charge in [0.25, 0.3) is 0 Å². The van der Waals surface area contributed by atoms with Crippen LogP contribution >= 0.6 is 0 Å². The van der Waals surface area contributed by atoms with Crippen LogP contribution in [0.25, 0.3) is 0 Å². The number of aliphatic carboxylic acids is 1. The number of hydrogen-bond donors (Lipinski definition) is 2. The maximum Gasteiger partial charge on any atom is 0.326 e. The third-order valence-electron chi connectivity index (χ3n) is 3.31. The number of nitrogens with zero attached hydrogens (tertiary/aromatic N) is 1. The lowest BCUT2D eigenvalue weighted by atomic mass is 10.1. The van der Waals surface area contributed by atoms with Crippen molar-refractivity contribution in [1.29, 1.82) is 0 Å². The molecule has 1 fully saturated rings. The summed E-state index contributed by atoms with van der Waals surface area (Å²) in [6, 6.07) is -1.62. The van der Waals surface area contributed by atoms with Gasteiger partial charge in [0.05, 0.1) is 13.2 Å². The fourth-order valence-electron chi connectivity index (χ4n) is 2.06. The van der Waals surface area contributed by atoms with E-state index in [1.807, 2.05) is 0 Å². The number of esters is 1. The fourth-order valence-corrected chi connectivity index (χ4v) is 2.06. The van der Waals surface area contributed by atoms with Crippen LogP contribution in [0.15, 0.2) is 0 Å². The van der Waals surface area contributed by atoms with E-state index in [4.69, 9.17) is 9.84 Å². The van der Waals surface area contributed by atoms with Gasteiger partial charge in [-0.25, -0.2) is 9.59 Å². The van der Waals surface area contributed by atoms with Crippen LogP contribution in [0.5, 0.6) is 0 Å². The van der Waals surface area contributed by atoms with Crippen molar-refractivity contribution in [3.05, 3.63) is 0 Å². The molecule has 8 nitrogen and oxygen atoms in total. The lowest BCUT2D eigenvalue weighted by molar-refractivity contribution is -0.142. The van der Waals surface area contributed by atoms with E-state index in [2.05, 4.69) is 10.1 Å². The number of rotatable bonds is 7. The molecule has 21 heavy (non-hydrogen) atoms. The molecule has 0 spiro atoms. The Kier molecular flexibility index (Phi) is 6.93. The molecule has 120 valence electrons. The minimum Gasteiger partial charge on any atom is -0.480 e. The van der Waals surface area contributed by atoms with Gasteiger partial charge in [-0.05, 0) is 19.3 Å². The monoisotopic (exact) mass is 302 g/mol. The molecule has 0 aliphatic carbocycles. The first-order chi connectivity index (χ1) is 9.93. The number of carbonyl (C=O) groups excluding carboxylic acids is 2. The van der Waals surface area contributed by atoms with E-state index in [0.29, 0.717) is 13.2 Å². The number of hydrogen-bond acceptors (Lipinski definition) is 5. The highest BCUT2D eigenvalue weighted by Crippen LogP contribution is 2.12. The van der Waals surface area contributed by atoms with Crippen molar-refractivity contribution in [3.8, 4) is 0 Å². The molecule has 0 bridgehead atoms. The predicted molar refractivity (Wildman–Crippen MR) is 72.8 cm³/mol. The predicted octanol–water partition coefficient (Wildman–Crippen LogP) is 0.213. The molecule has 1 rings (SSSR count). The lowest BCUT2D eigenvalue weighted by Crippen LogP contribution is -2.48. The highest BCUT2D eigenvalue weighted by Gasteiger charge is 2.25. The molecule has 1 saturated heterocycles. The molecular weight excluding hydrogens is 280 g/mol. The summed E-state index contributed by atoms with van der Waals surface area (Å²) < 4.78 is 9.87. The number of amides is 2. The molecule has 2 atom stereocenters. The Balaban J connectivity index is 2.43. The largest absolute Gasteiger partial charge is 0.480 e. The van der Waals surface area contributed by atoms with Crippen LogP contribution in [-0.2, 0) is 19.1 Å². The lowest BCUT2D eigenvalue weighted by Gasteiger charge is -2.23.